The zero-order chi connectivity index (χ0) is 24.6. The van der Waals surface area contributed by atoms with Crippen LogP contribution in [0.4, 0.5) is 5.69 Å². The molecule has 0 atom stereocenters. The van der Waals surface area contributed by atoms with Crippen molar-refractivity contribution < 1.29 is 9.15 Å². The molecule has 180 valence electrons. The second-order valence-corrected chi connectivity index (χ2v) is 8.19. The molecule has 36 heavy (non-hydrogen) atoms. The van der Waals surface area contributed by atoms with Crippen LogP contribution in [0.2, 0.25) is 0 Å². The van der Waals surface area contributed by atoms with Gasteiger partial charge in [-0.15, -0.1) is 0 Å². The van der Waals surface area contributed by atoms with Crippen LogP contribution in [-0.4, -0.2) is 32.2 Å². The summed E-state index contributed by atoms with van der Waals surface area (Å²) in [6.45, 7) is 1.50. The smallest absolute Gasteiger partial charge is 0.148 e. The minimum Gasteiger partial charge on any atom is -0.494 e. The van der Waals surface area contributed by atoms with E-state index in [4.69, 9.17) is 14.6 Å². The third-order valence-electron chi connectivity index (χ3n) is 5.62. The zero-order valence-corrected chi connectivity index (χ0v) is 19.7. The van der Waals surface area contributed by atoms with Crippen LogP contribution in [0.15, 0.2) is 102 Å². The summed E-state index contributed by atoms with van der Waals surface area (Å²) in [5.41, 5.74) is 3.36. The number of nitrogens with one attached hydrogen (secondary N) is 2. The summed E-state index contributed by atoms with van der Waals surface area (Å²) < 4.78 is 13.8. The van der Waals surface area contributed by atoms with Gasteiger partial charge in [-0.1, -0.05) is 6.07 Å². The molecule has 0 spiro atoms. The Kier molecular flexibility index (Phi) is 7.13. The highest BCUT2D eigenvalue weighted by Crippen LogP contribution is 2.30. The van der Waals surface area contributed by atoms with Crippen molar-refractivity contribution in [3.8, 4) is 28.4 Å². The van der Waals surface area contributed by atoms with Gasteiger partial charge in [-0.2, -0.15) is 5.10 Å². The Morgan fingerprint density at radius 3 is 2.31 bits per heavy atom. The number of pyridine rings is 1. The van der Waals surface area contributed by atoms with E-state index in [0.29, 0.717) is 12.3 Å². The van der Waals surface area contributed by atoms with Crippen LogP contribution < -0.4 is 10.1 Å². The molecule has 3 heterocycles. The topological polar surface area (TPSA) is 102 Å². The van der Waals surface area contributed by atoms with Crippen molar-refractivity contribution in [2.24, 2.45) is 0 Å². The molecule has 0 aliphatic rings. The van der Waals surface area contributed by atoms with Crippen molar-refractivity contribution in [2.75, 3.05) is 11.9 Å². The maximum Gasteiger partial charge on any atom is 0.148 e. The number of hydrogen-bond acceptors (Lipinski definition) is 6. The van der Waals surface area contributed by atoms with E-state index < -0.39 is 0 Å². The van der Waals surface area contributed by atoms with E-state index in [9.17, 15) is 0 Å². The predicted molar refractivity (Wildman–Crippen MR) is 139 cm³/mol. The summed E-state index contributed by atoms with van der Waals surface area (Å²) in [5, 5.41) is 15.3. The third kappa shape index (κ3) is 5.85. The van der Waals surface area contributed by atoms with Crippen LogP contribution in [0.25, 0.3) is 22.6 Å². The summed E-state index contributed by atoms with van der Waals surface area (Å²) >= 11 is 0. The molecule has 2 aromatic carbocycles. The first-order chi connectivity index (χ1) is 17.7. The lowest BCUT2D eigenvalue weighted by atomic mass is 10.1. The minimum absolute atomic E-state index is 0.253. The van der Waals surface area contributed by atoms with Crippen molar-refractivity contribution in [2.45, 2.75) is 19.4 Å². The summed E-state index contributed by atoms with van der Waals surface area (Å²) in [6.07, 6.45) is 6.88. The SMILES string of the molecule is N=C(Nc1ccc(-c2ccc(-c3ccc(OCCCCn4cncn4)cc3)o2)cc1)c1ccccn1. The molecule has 0 radical (unpaired) electrons. The Bertz CT molecular complexity index is 1380. The van der Waals surface area contributed by atoms with Crippen molar-refractivity contribution >= 4 is 11.5 Å². The molecule has 8 nitrogen and oxygen atoms in total. The van der Waals surface area contributed by atoms with Gasteiger partial charge in [0.1, 0.15) is 41.5 Å². The second-order valence-electron chi connectivity index (χ2n) is 8.19. The largest absolute Gasteiger partial charge is 0.494 e. The Labute approximate surface area is 209 Å². The predicted octanol–water partition coefficient (Wildman–Crippen LogP) is 5.90. The van der Waals surface area contributed by atoms with E-state index in [-0.39, 0.29) is 5.84 Å². The third-order valence-corrected chi connectivity index (χ3v) is 5.62. The number of benzene rings is 2. The lowest BCUT2D eigenvalue weighted by molar-refractivity contribution is 0.302. The average Bonchev–Trinajstić information content (AvgIpc) is 3.63. The van der Waals surface area contributed by atoms with Gasteiger partial charge in [-0.3, -0.25) is 15.1 Å². The lowest BCUT2D eigenvalue weighted by Crippen LogP contribution is -2.13. The van der Waals surface area contributed by atoms with Gasteiger partial charge in [0, 0.05) is 29.6 Å². The Morgan fingerprint density at radius 2 is 1.64 bits per heavy atom. The van der Waals surface area contributed by atoms with E-state index in [1.54, 1.807) is 24.9 Å². The molecule has 0 saturated heterocycles. The fourth-order valence-electron chi connectivity index (χ4n) is 3.71. The number of amidine groups is 1. The number of rotatable bonds is 10. The van der Waals surface area contributed by atoms with Gasteiger partial charge in [0.25, 0.3) is 0 Å². The Morgan fingerprint density at radius 1 is 0.889 bits per heavy atom. The number of nitrogens with zero attached hydrogens (tertiary/aromatic N) is 4. The van der Waals surface area contributed by atoms with Crippen molar-refractivity contribution in [3.05, 3.63) is 103 Å². The van der Waals surface area contributed by atoms with Crippen LogP contribution >= 0.6 is 0 Å². The number of aromatic nitrogens is 4. The minimum atomic E-state index is 0.253. The van der Waals surface area contributed by atoms with Crippen LogP contribution in [0, 0.1) is 5.41 Å². The first-order valence-corrected chi connectivity index (χ1v) is 11.8. The van der Waals surface area contributed by atoms with Crippen LogP contribution in [0.1, 0.15) is 18.5 Å². The van der Waals surface area contributed by atoms with Crippen LogP contribution in [0.5, 0.6) is 5.75 Å². The molecule has 0 aliphatic carbocycles. The molecule has 0 bridgehead atoms. The molecule has 0 saturated carbocycles. The van der Waals surface area contributed by atoms with Crippen LogP contribution in [0.3, 0.4) is 0 Å². The fourth-order valence-corrected chi connectivity index (χ4v) is 3.71. The zero-order valence-electron chi connectivity index (χ0n) is 19.7. The van der Waals surface area contributed by atoms with Crippen molar-refractivity contribution in [3.63, 3.8) is 0 Å². The number of aryl methyl sites for hydroxylation is 1. The fraction of sp³-hybridized carbons (Fsp3) is 0.143. The molecular weight excluding hydrogens is 452 g/mol. The standard InChI is InChI=1S/C28H26N6O2/c29-28(25-5-1-2-16-31-25)33-23-10-6-21(7-11-23)26-14-15-27(36-26)22-8-12-24(13-9-22)35-18-4-3-17-34-20-30-19-32-34/h1-2,5-16,19-20H,3-4,17-18H2,(H2,29,33). The van der Waals surface area contributed by atoms with Gasteiger partial charge >= 0.3 is 0 Å². The molecule has 8 heteroatoms. The number of unbranched alkanes of at least 4 members (excludes halogenated alkanes) is 1. The van der Waals surface area contributed by atoms with Gasteiger partial charge in [-0.25, -0.2) is 4.98 Å². The second kappa shape index (κ2) is 11.1. The van der Waals surface area contributed by atoms with Gasteiger partial charge < -0.3 is 14.5 Å². The van der Waals surface area contributed by atoms with Crippen molar-refractivity contribution in [1.82, 2.24) is 19.7 Å². The highest BCUT2D eigenvalue weighted by molar-refractivity contribution is 6.04. The first kappa shape index (κ1) is 23.0. The van der Waals surface area contributed by atoms with E-state index in [2.05, 4.69) is 20.4 Å². The van der Waals surface area contributed by atoms with Crippen LogP contribution in [-0.2, 0) is 6.54 Å². The normalized spacial score (nSPS) is 10.8. The lowest BCUT2D eigenvalue weighted by Gasteiger charge is -2.08. The maximum absolute atomic E-state index is 8.18. The highest BCUT2D eigenvalue weighted by Gasteiger charge is 2.08. The molecule has 0 amide bonds. The van der Waals surface area contributed by atoms with E-state index in [0.717, 1.165) is 53.5 Å². The highest BCUT2D eigenvalue weighted by atomic mass is 16.5. The summed E-state index contributed by atoms with van der Waals surface area (Å²) in [5.74, 6) is 2.67. The molecular formula is C28H26N6O2. The van der Waals surface area contributed by atoms with Crippen molar-refractivity contribution in [1.29, 1.82) is 5.41 Å². The van der Waals surface area contributed by atoms with E-state index in [1.807, 2.05) is 77.5 Å². The van der Waals surface area contributed by atoms with Gasteiger partial charge in [0.15, 0.2) is 0 Å². The molecule has 2 N–H and O–H groups in total. The molecule has 5 rings (SSSR count). The maximum atomic E-state index is 8.18. The number of ether oxygens (including phenoxy) is 1. The number of furan rings is 1. The van der Waals surface area contributed by atoms with E-state index >= 15 is 0 Å². The van der Waals surface area contributed by atoms with Gasteiger partial charge in [0.2, 0.25) is 0 Å². The molecule has 0 aliphatic heterocycles. The average molecular weight is 479 g/mol. The molecule has 0 unspecified atom stereocenters. The summed E-state index contributed by atoms with van der Waals surface area (Å²) in [7, 11) is 0. The quantitative estimate of drug-likeness (QED) is 0.147. The molecule has 0 fully saturated rings. The summed E-state index contributed by atoms with van der Waals surface area (Å²) in [4.78, 5) is 8.14. The van der Waals surface area contributed by atoms with E-state index in [1.165, 1.54) is 0 Å². The number of hydrogen-bond donors (Lipinski definition) is 2. The molecule has 3 aromatic heterocycles. The molecule has 5 aromatic rings. The number of anilines is 1. The monoisotopic (exact) mass is 478 g/mol. The van der Waals surface area contributed by atoms with Gasteiger partial charge in [-0.05, 0) is 85.6 Å². The Hall–Kier alpha value is -4.72. The first-order valence-electron chi connectivity index (χ1n) is 11.8. The summed E-state index contributed by atoms with van der Waals surface area (Å²) in [6, 6.07) is 25.1. The van der Waals surface area contributed by atoms with Gasteiger partial charge in [0.05, 0.1) is 6.61 Å². The Balaban J connectivity index is 1.13.